The first-order chi connectivity index (χ1) is 15.5. The highest BCUT2D eigenvalue weighted by atomic mass is 32.2. The number of benzene rings is 2. The van der Waals surface area contributed by atoms with Crippen molar-refractivity contribution in [3.05, 3.63) is 58.9 Å². The Morgan fingerprint density at radius 1 is 1.06 bits per heavy atom. The van der Waals surface area contributed by atoms with Crippen molar-refractivity contribution in [1.82, 2.24) is 5.32 Å². The molecule has 6 nitrogen and oxygen atoms in total. The SMILES string of the molecule is CS(=O)(=O)c1ccc2c(c1)CCNC2C(=O)Nc1ccc(C(O)(C(F)(F)F)C(F)(F)F)cc1F. The third-order valence-electron chi connectivity index (χ3n) is 5.32. The van der Waals surface area contributed by atoms with Gasteiger partial charge in [-0.2, -0.15) is 26.3 Å². The van der Waals surface area contributed by atoms with Crippen molar-refractivity contribution < 1.29 is 49.1 Å². The van der Waals surface area contributed by atoms with Gasteiger partial charge in [-0.1, -0.05) is 12.1 Å². The maximum Gasteiger partial charge on any atom is 0.430 e. The molecule has 0 bridgehead atoms. The smallest absolute Gasteiger partial charge is 0.369 e. The normalized spacial score (nSPS) is 17.3. The lowest BCUT2D eigenvalue weighted by Gasteiger charge is -2.32. The number of fused-ring (bicyclic) bond motifs is 1. The number of sulfone groups is 1. The molecule has 0 saturated heterocycles. The Morgan fingerprint density at radius 2 is 1.68 bits per heavy atom. The van der Waals surface area contributed by atoms with Crippen LogP contribution in [0.15, 0.2) is 41.3 Å². The molecule has 1 unspecified atom stereocenters. The molecule has 2 aromatic rings. The topological polar surface area (TPSA) is 95.5 Å². The van der Waals surface area contributed by atoms with Gasteiger partial charge in [-0.25, -0.2) is 12.8 Å². The highest BCUT2D eigenvalue weighted by Gasteiger charge is 2.71. The minimum absolute atomic E-state index is 0.0238. The van der Waals surface area contributed by atoms with E-state index in [4.69, 9.17) is 0 Å². The fourth-order valence-electron chi connectivity index (χ4n) is 3.54. The summed E-state index contributed by atoms with van der Waals surface area (Å²) in [6, 6.07) is 3.47. The molecule has 1 atom stereocenters. The Labute approximate surface area is 188 Å². The highest BCUT2D eigenvalue weighted by Crippen LogP contribution is 2.50. The summed E-state index contributed by atoms with van der Waals surface area (Å²) in [4.78, 5) is 12.7. The summed E-state index contributed by atoms with van der Waals surface area (Å²) in [5.41, 5.74) is -6.95. The number of alkyl halides is 6. The second kappa shape index (κ2) is 8.50. The summed E-state index contributed by atoms with van der Waals surface area (Å²) in [5.74, 6) is -2.53. The van der Waals surface area contributed by atoms with E-state index in [9.17, 15) is 49.1 Å². The van der Waals surface area contributed by atoms with Gasteiger partial charge in [-0.15, -0.1) is 0 Å². The Balaban J connectivity index is 1.90. The minimum Gasteiger partial charge on any atom is -0.369 e. The molecule has 0 aliphatic carbocycles. The molecule has 34 heavy (non-hydrogen) atoms. The number of nitrogens with one attached hydrogen (secondary N) is 2. The highest BCUT2D eigenvalue weighted by molar-refractivity contribution is 7.90. The molecular formula is C20H17F7N2O4S. The fraction of sp³-hybridized carbons (Fsp3) is 0.350. The van der Waals surface area contributed by atoms with Crippen LogP contribution < -0.4 is 10.6 Å². The Morgan fingerprint density at radius 3 is 2.21 bits per heavy atom. The average molecular weight is 514 g/mol. The second-order valence-electron chi connectivity index (χ2n) is 7.66. The second-order valence-corrected chi connectivity index (χ2v) is 9.68. The van der Waals surface area contributed by atoms with Gasteiger partial charge in [0.1, 0.15) is 11.9 Å². The zero-order chi connectivity index (χ0) is 25.7. The van der Waals surface area contributed by atoms with Gasteiger partial charge in [-0.05, 0) is 41.8 Å². The summed E-state index contributed by atoms with van der Waals surface area (Å²) in [7, 11) is -3.52. The Hall–Kier alpha value is -2.71. The van der Waals surface area contributed by atoms with Crippen molar-refractivity contribution in [3.63, 3.8) is 0 Å². The number of halogens is 7. The third-order valence-corrected chi connectivity index (χ3v) is 6.43. The van der Waals surface area contributed by atoms with Crippen molar-refractivity contribution >= 4 is 21.4 Å². The molecule has 3 N–H and O–H groups in total. The van der Waals surface area contributed by atoms with Gasteiger partial charge in [0.2, 0.25) is 5.91 Å². The molecule has 1 heterocycles. The van der Waals surface area contributed by atoms with Crippen LogP contribution in [0.25, 0.3) is 0 Å². The molecule has 1 aliphatic heterocycles. The van der Waals surface area contributed by atoms with Crippen molar-refractivity contribution in [2.75, 3.05) is 18.1 Å². The van der Waals surface area contributed by atoms with Gasteiger partial charge in [0.05, 0.1) is 10.6 Å². The summed E-state index contributed by atoms with van der Waals surface area (Å²) >= 11 is 0. The molecule has 1 aliphatic rings. The van der Waals surface area contributed by atoms with Crippen LogP contribution in [-0.2, 0) is 26.7 Å². The Bertz CT molecular complexity index is 1210. The van der Waals surface area contributed by atoms with Crippen LogP contribution in [0.3, 0.4) is 0 Å². The van der Waals surface area contributed by atoms with Gasteiger partial charge < -0.3 is 15.7 Å². The number of amides is 1. The molecule has 0 fully saturated rings. The van der Waals surface area contributed by atoms with Crippen molar-refractivity contribution in [1.29, 1.82) is 0 Å². The lowest BCUT2D eigenvalue weighted by molar-refractivity contribution is -0.376. The van der Waals surface area contributed by atoms with E-state index < -0.39 is 56.8 Å². The van der Waals surface area contributed by atoms with Crippen LogP contribution in [0.2, 0.25) is 0 Å². The van der Waals surface area contributed by atoms with Crippen LogP contribution in [-0.4, -0.2) is 44.6 Å². The predicted molar refractivity (Wildman–Crippen MR) is 105 cm³/mol. The molecule has 186 valence electrons. The quantitative estimate of drug-likeness (QED) is 0.544. The molecular weight excluding hydrogens is 497 g/mol. The van der Waals surface area contributed by atoms with E-state index in [-0.39, 0.29) is 23.6 Å². The average Bonchev–Trinajstić information content (AvgIpc) is 2.71. The minimum atomic E-state index is -6.19. The van der Waals surface area contributed by atoms with E-state index in [1.165, 1.54) is 18.2 Å². The van der Waals surface area contributed by atoms with Crippen LogP contribution in [0.5, 0.6) is 0 Å². The summed E-state index contributed by atoms with van der Waals surface area (Å²) in [6.45, 7) is 0.240. The maximum atomic E-state index is 14.4. The van der Waals surface area contributed by atoms with Crippen LogP contribution in [0.1, 0.15) is 22.7 Å². The predicted octanol–water partition coefficient (Wildman–Crippen LogP) is 3.37. The summed E-state index contributed by atoms with van der Waals surface area (Å²) in [6.07, 6.45) is -11.0. The molecule has 0 radical (unpaired) electrons. The first-order valence-electron chi connectivity index (χ1n) is 9.50. The summed E-state index contributed by atoms with van der Waals surface area (Å²) in [5, 5.41) is 14.3. The molecule has 0 aromatic heterocycles. The zero-order valence-corrected chi connectivity index (χ0v) is 18.0. The number of aliphatic hydroxyl groups is 1. The fourth-order valence-corrected chi connectivity index (χ4v) is 4.21. The van der Waals surface area contributed by atoms with Crippen LogP contribution in [0.4, 0.5) is 36.4 Å². The standard InChI is InChI=1S/C20H17F7N2O4S/c1-34(32,33)12-3-4-13-10(8-12)6-7-28-16(13)17(30)29-15-5-2-11(9-14(15)21)18(31,19(22,23)24)20(25,26)27/h2-5,8-9,16,28,31H,6-7H2,1H3,(H,29,30). The van der Waals surface area contributed by atoms with E-state index in [1.807, 2.05) is 0 Å². The van der Waals surface area contributed by atoms with Gasteiger partial charge >= 0.3 is 12.4 Å². The van der Waals surface area contributed by atoms with E-state index in [0.29, 0.717) is 23.6 Å². The van der Waals surface area contributed by atoms with Crippen molar-refractivity contribution in [3.8, 4) is 0 Å². The number of anilines is 1. The van der Waals surface area contributed by atoms with Crippen molar-refractivity contribution in [2.24, 2.45) is 0 Å². The first-order valence-corrected chi connectivity index (χ1v) is 11.4. The molecule has 3 rings (SSSR count). The number of carbonyl (C=O) groups is 1. The van der Waals surface area contributed by atoms with Gasteiger partial charge in [0.25, 0.3) is 5.60 Å². The van der Waals surface area contributed by atoms with Crippen molar-refractivity contribution in [2.45, 2.75) is 35.3 Å². The van der Waals surface area contributed by atoms with E-state index >= 15 is 0 Å². The molecule has 1 amide bonds. The van der Waals surface area contributed by atoms with Gasteiger partial charge in [0.15, 0.2) is 9.84 Å². The van der Waals surface area contributed by atoms with Crippen LogP contribution >= 0.6 is 0 Å². The largest absolute Gasteiger partial charge is 0.430 e. The lowest BCUT2D eigenvalue weighted by Crippen LogP contribution is -2.54. The molecule has 2 aromatic carbocycles. The Kier molecular flexibility index (Phi) is 6.48. The zero-order valence-electron chi connectivity index (χ0n) is 17.2. The number of hydrogen-bond donors (Lipinski definition) is 3. The van der Waals surface area contributed by atoms with Gasteiger partial charge in [0, 0.05) is 18.4 Å². The molecule has 0 saturated carbocycles. The number of hydrogen-bond acceptors (Lipinski definition) is 5. The van der Waals surface area contributed by atoms with E-state index in [1.54, 1.807) is 0 Å². The molecule has 14 heteroatoms. The third kappa shape index (κ3) is 4.61. The van der Waals surface area contributed by atoms with E-state index in [0.717, 1.165) is 6.26 Å². The van der Waals surface area contributed by atoms with E-state index in [2.05, 4.69) is 10.6 Å². The van der Waals surface area contributed by atoms with Gasteiger partial charge in [-0.3, -0.25) is 4.79 Å². The summed E-state index contributed by atoms with van der Waals surface area (Å²) < 4.78 is 116. The van der Waals surface area contributed by atoms with Crippen LogP contribution in [0, 0.1) is 5.82 Å². The lowest BCUT2D eigenvalue weighted by atomic mass is 9.91. The number of carbonyl (C=O) groups excluding carboxylic acids is 1. The maximum absolute atomic E-state index is 14.4. The monoisotopic (exact) mass is 514 g/mol. The number of rotatable bonds is 4. The molecule has 0 spiro atoms. The first kappa shape index (κ1) is 25.9.